The molecule has 1 atom stereocenters. The predicted molar refractivity (Wildman–Crippen MR) is 44.1 cm³/mol. The van der Waals surface area contributed by atoms with Gasteiger partial charge in [-0.3, -0.25) is 4.79 Å². The van der Waals surface area contributed by atoms with Crippen LogP contribution >= 0.6 is 0 Å². The molecule has 2 aliphatic rings. The van der Waals surface area contributed by atoms with Gasteiger partial charge in [-0.2, -0.15) is 0 Å². The molecule has 2 saturated heterocycles. The molecule has 2 aliphatic heterocycles. The average Bonchev–Trinajstić information content (AvgIpc) is 2.30. The molecular weight excluding hydrogens is 158 g/mol. The number of hydrogen-bond donors (Lipinski definition) is 2. The van der Waals surface area contributed by atoms with Crippen LogP contribution in [0.25, 0.3) is 0 Å². The van der Waals surface area contributed by atoms with E-state index in [1.54, 1.807) is 0 Å². The van der Waals surface area contributed by atoms with Gasteiger partial charge in [-0.05, 0) is 13.0 Å². The molecule has 2 fully saturated rings. The summed E-state index contributed by atoms with van der Waals surface area (Å²) < 4.78 is 5.42. The van der Waals surface area contributed by atoms with Crippen LogP contribution in [0.3, 0.4) is 0 Å². The third kappa shape index (κ3) is 2.46. The van der Waals surface area contributed by atoms with E-state index in [0.717, 1.165) is 26.6 Å². The maximum atomic E-state index is 9.00. The Hall–Kier alpha value is -0.610. The predicted octanol–water partition coefficient (Wildman–Crippen LogP) is 0.230. The summed E-state index contributed by atoms with van der Waals surface area (Å²) in [5, 5.41) is 10.7. The van der Waals surface area contributed by atoms with E-state index >= 15 is 0 Å². The van der Waals surface area contributed by atoms with Gasteiger partial charge in [0.15, 0.2) is 0 Å². The van der Waals surface area contributed by atoms with Gasteiger partial charge < -0.3 is 15.2 Å². The lowest BCUT2D eigenvalue weighted by Crippen LogP contribution is -2.45. The summed E-state index contributed by atoms with van der Waals surface area (Å²) in [5.74, 6) is -0.833. The second kappa shape index (κ2) is 3.87. The van der Waals surface area contributed by atoms with Crippen molar-refractivity contribution in [2.75, 3.05) is 19.7 Å². The minimum atomic E-state index is -0.833. The molecule has 2 rings (SSSR count). The zero-order chi connectivity index (χ0) is 9.03. The third-order valence-electron chi connectivity index (χ3n) is 2.17. The molecule has 0 amide bonds. The van der Waals surface area contributed by atoms with Crippen molar-refractivity contribution in [3.63, 3.8) is 0 Å². The molecule has 4 nitrogen and oxygen atoms in total. The summed E-state index contributed by atoms with van der Waals surface area (Å²) in [6, 6.07) is 0. The number of nitrogens with one attached hydrogen (secondary N) is 1. The summed E-state index contributed by atoms with van der Waals surface area (Å²) in [5.41, 5.74) is 0.306. The van der Waals surface area contributed by atoms with E-state index in [0.29, 0.717) is 5.60 Å². The highest BCUT2D eigenvalue weighted by Gasteiger charge is 2.40. The highest BCUT2D eigenvalue weighted by atomic mass is 16.5. The van der Waals surface area contributed by atoms with Gasteiger partial charge in [0, 0.05) is 19.9 Å². The number of carboxylic acid groups (broad SMARTS) is 1. The number of aliphatic carboxylic acids is 1. The Morgan fingerprint density at radius 2 is 2.17 bits per heavy atom. The molecule has 2 heterocycles. The largest absolute Gasteiger partial charge is 0.481 e. The summed E-state index contributed by atoms with van der Waals surface area (Å²) in [6.07, 6.45) is 2.51. The van der Waals surface area contributed by atoms with Gasteiger partial charge in [-0.1, -0.05) is 0 Å². The fourth-order valence-electron chi connectivity index (χ4n) is 1.45. The van der Waals surface area contributed by atoms with Crippen LogP contribution in [0.5, 0.6) is 0 Å². The zero-order valence-corrected chi connectivity index (χ0v) is 7.30. The standard InChI is InChI=1S/C6H11NO.C2H4O2/c1-3-7-5-6(1)2-4-8-6;1-2(3)4/h7H,1-5H2;1H3,(H,3,4). The Kier molecular flexibility index (Phi) is 3.05. The van der Waals surface area contributed by atoms with E-state index in [1.165, 1.54) is 12.8 Å². The van der Waals surface area contributed by atoms with Gasteiger partial charge >= 0.3 is 0 Å². The van der Waals surface area contributed by atoms with Crippen molar-refractivity contribution >= 4 is 5.97 Å². The van der Waals surface area contributed by atoms with Crippen molar-refractivity contribution in [3.05, 3.63) is 0 Å². The van der Waals surface area contributed by atoms with Crippen LogP contribution in [0.1, 0.15) is 19.8 Å². The fraction of sp³-hybridized carbons (Fsp3) is 0.875. The number of ether oxygens (including phenoxy) is 1. The minimum absolute atomic E-state index is 0.306. The molecule has 0 saturated carbocycles. The van der Waals surface area contributed by atoms with E-state index < -0.39 is 5.97 Å². The molecule has 70 valence electrons. The van der Waals surface area contributed by atoms with Gasteiger partial charge in [0.25, 0.3) is 5.97 Å². The van der Waals surface area contributed by atoms with E-state index in [9.17, 15) is 0 Å². The lowest BCUT2D eigenvalue weighted by Gasteiger charge is -2.37. The topological polar surface area (TPSA) is 58.6 Å². The van der Waals surface area contributed by atoms with Gasteiger partial charge in [0.1, 0.15) is 0 Å². The van der Waals surface area contributed by atoms with E-state index in [-0.39, 0.29) is 0 Å². The van der Waals surface area contributed by atoms with Crippen LogP contribution < -0.4 is 5.32 Å². The molecule has 0 aromatic carbocycles. The first-order chi connectivity index (χ1) is 5.65. The molecule has 1 unspecified atom stereocenters. The van der Waals surface area contributed by atoms with Gasteiger partial charge in [-0.15, -0.1) is 0 Å². The van der Waals surface area contributed by atoms with Gasteiger partial charge in [-0.25, -0.2) is 0 Å². The van der Waals surface area contributed by atoms with Crippen molar-refractivity contribution in [1.29, 1.82) is 0 Å². The van der Waals surface area contributed by atoms with Crippen molar-refractivity contribution in [3.8, 4) is 0 Å². The molecule has 0 aromatic rings. The Morgan fingerprint density at radius 3 is 2.33 bits per heavy atom. The second-order valence-corrected chi connectivity index (χ2v) is 3.23. The number of hydrogen-bond acceptors (Lipinski definition) is 3. The van der Waals surface area contributed by atoms with Crippen LogP contribution in [-0.2, 0) is 9.53 Å². The summed E-state index contributed by atoms with van der Waals surface area (Å²) in [4.78, 5) is 9.00. The Balaban J connectivity index is 0.000000157. The second-order valence-electron chi connectivity index (χ2n) is 3.23. The Morgan fingerprint density at radius 1 is 1.58 bits per heavy atom. The molecular formula is C8H15NO3. The number of carbonyl (C=O) groups is 1. The highest BCUT2D eigenvalue weighted by molar-refractivity contribution is 5.62. The quantitative estimate of drug-likeness (QED) is 0.550. The number of rotatable bonds is 0. The van der Waals surface area contributed by atoms with Crippen molar-refractivity contribution in [1.82, 2.24) is 5.32 Å². The lowest BCUT2D eigenvalue weighted by molar-refractivity contribution is -0.134. The van der Waals surface area contributed by atoms with Crippen LogP contribution in [0, 0.1) is 0 Å². The van der Waals surface area contributed by atoms with Crippen molar-refractivity contribution < 1.29 is 14.6 Å². The molecule has 1 spiro atoms. The fourth-order valence-corrected chi connectivity index (χ4v) is 1.45. The smallest absolute Gasteiger partial charge is 0.300 e. The SMILES string of the molecule is C1CC2(CCO2)CN1.CC(=O)O. The maximum Gasteiger partial charge on any atom is 0.300 e. The summed E-state index contributed by atoms with van der Waals surface area (Å²) >= 11 is 0. The molecule has 0 aromatic heterocycles. The van der Waals surface area contributed by atoms with Gasteiger partial charge in [0.05, 0.1) is 12.2 Å². The first-order valence-electron chi connectivity index (χ1n) is 4.19. The number of carboxylic acids is 1. The summed E-state index contributed by atoms with van der Waals surface area (Å²) in [7, 11) is 0. The third-order valence-corrected chi connectivity index (χ3v) is 2.17. The molecule has 0 aliphatic carbocycles. The maximum absolute atomic E-state index is 9.00. The highest BCUT2D eigenvalue weighted by Crippen LogP contribution is 2.31. The average molecular weight is 173 g/mol. The molecule has 0 bridgehead atoms. The Labute approximate surface area is 71.9 Å². The molecule has 2 N–H and O–H groups in total. The van der Waals surface area contributed by atoms with Crippen LogP contribution in [-0.4, -0.2) is 36.4 Å². The van der Waals surface area contributed by atoms with Crippen LogP contribution in [0.2, 0.25) is 0 Å². The first kappa shape index (κ1) is 9.48. The monoisotopic (exact) mass is 173 g/mol. The van der Waals surface area contributed by atoms with Crippen molar-refractivity contribution in [2.24, 2.45) is 0 Å². The molecule has 12 heavy (non-hydrogen) atoms. The van der Waals surface area contributed by atoms with E-state index in [1.807, 2.05) is 0 Å². The van der Waals surface area contributed by atoms with E-state index in [4.69, 9.17) is 14.6 Å². The van der Waals surface area contributed by atoms with E-state index in [2.05, 4.69) is 5.32 Å². The van der Waals surface area contributed by atoms with Crippen LogP contribution in [0.15, 0.2) is 0 Å². The van der Waals surface area contributed by atoms with Crippen LogP contribution in [0.4, 0.5) is 0 Å². The first-order valence-corrected chi connectivity index (χ1v) is 4.19. The minimum Gasteiger partial charge on any atom is -0.481 e. The Bertz CT molecular complexity index is 154. The molecule has 4 heteroatoms. The van der Waals surface area contributed by atoms with Gasteiger partial charge in [0.2, 0.25) is 0 Å². The normalized spacial score (nSPS) is 32.1. The lowest BCUT2D eigenvalue weighted by atomic mass is 9.94. The molecule has 0 radical (unpaired) electrons. The zero-order valence-electron chi connectivity index (χ0n) is 7.30. The van der Waals surface area contributed by atoms with Crippen molar-refractivity contribution in [2.45, 2.75) is 25.4 Å². The summed E-state index contributed by atoms with van der Waals surface area (Å²) in [6.45, 7) is 4.31.